The summed E-state index contributed by atoms with van der Waals surface area (Å²) in [5, 5.41) is 10.3. The van der Waals surface area contributed by atoms with Gasteiger partial charge in [-0.25, -0.2) is 18.2 Å². The van der Waals surface area contributed by atoms with Gasteiger partial charge in [-0.05, 0) is 18.5 Å². The molecule has 17 nitrogen and oxygen atoms in total. The van der Waals surface area contributed by atoms with Gasteiger partial charge in [0.2, 0.25) is 5.28 Å². The molecule has 1 fully saturated rings. The van der Waals surface area contributed by atoms with Crippen LogP contribution in [0.4, 0.5) is 5.82 Å². The van der Waals surface area contributed by atoms with Crippen LogP contribution in [0.2, 0.25) is 5.28 Å². The lowest BCUT2D eigenvalue weighted by atomic mass is 10.0. The van der Waals surface area contributed by atoms with Gasteiger partial charge in [0.25, 0.3) is 15.6 Å². The van der Waals surface area contributed by atoms with Crippen LogP contribution in [0.5, 0.6) is 0 Å². The van der Waals surface area contributed by atoms with Gasteiger partial charge >= 0.3 is 7.82 Å². The topological polar surface area (TPSA) is 265 Å². The average molecular weight is 572 g/mol. The molecule has 1 aliphatic heterocycles. The monoisotopic (exact) mass is 571 g/mol. The Morgan fingerprint density at radius 1 is 1.30 bits per heavy atom. The molecule has 0 radical (unpaired) electrons. The van der Waals surface area contributed by atoms with Gasteiger partial charge in [0.05, 0.1) is 12.9 Å². The fraction of sp³-hybridized carbons (Fsp3) is 0.545. The lowest BCUT2D eigenvalue weighted by molar-refractivity contribution is -0.236. The Labute approximate surface area is 193 Å². The highest BCUT2D eigenvalue weighted by atomic mass is 35.5. The zero-order valence-electron chi connectivity index (χ0n) is 16.0. The van der Waals surface area contributed by atoms with Crippen molar-refractivity contribution in [1.82, 2.24) is 19.5 Å². The van der Waals surface area contributed by atoms with Gasteiger partial charge in [-0.1, -0.05) is 0 Å². The van der Waals surface area contributed by atoms with Crippen LogP contribution in [-0.2, 0) is 31.6 Å². The summed E-state index contributed by atoms with van der Waals surface area (Å²) in [6, 6.07) is 0. The predicted octanol–water partition coefficient (Wildman–Crippen LogP) is -0.603. The van der Waals surface area contributed by atoms with Crippen molar-refractivity contribution in [1.29, 1.82) is 0 Å². The number of phosphoric acid groups is 3. The molecule has 0 saturated carbocycles. The van der Waals surface area contributed by atoms with Crippen LogP contribution in [0.15, 0.2) is 6.33 Å². The van der Waals surface area contributed by atoms with Crippen LogP contribution in [0.3, 0.4) is 0 Å². The number of nitrogens with zero attached hydrogens (tertiary/aromatic N) is 4. The van der Waals surface area contributed by atoms with Gasteiger partial charge < -0.3 is 35.2 Å². The van der Waals surface area contributed by atoms with Crippen molar-refractivity contribution in [3.63, 3.8) is 0 Å². The van der Waals surface area contributed by atoms with Gasteiger partial charge in [0, 0.05) is 0 Å². The Morgan fingerprint density at radius 3 is 2.55 bits per heavy atom. The Kier molecular flexibility index (Phi) is 7.36. The molecule has 0 bridgehead atoms. The van der Waals surface area contributed by atoms with Crippen molar-refractivity contribution >= 4 is 63.7 Å². The number of imidazole rings is 1. The number of ether oxygens (including phenoxy) is 1. The predicted molar refractivity (Wildman–Crippen MR) is 104 cm³/mol. The van der Waals surface area contributed by atoms with Crippen LogP contribution in [-0.4, -0.2) is 58.1 Å². The Bertz CT molecular complexity index is 1210. The summed E-state index contributed by atoms with van der Waals surface area (Å²) in [4.78, 5) is 49.9. The van der Waals surface area contributed by atoms with Crippen LogP contribution in [0, 0.1) is 0 Å². The van der Waals surface area contributed by atoms with Crippen LogP contribution in [0.1, 0.15) is 13.2 Å². The molecule has 186 valence electrons. The molecule has 3 rings (SSSR count). The molecule has 1 aliphatic rings. The first kappa shape index (κ1) is 26.9. The zero-order chi connectivity index (χ0) is 25.0. The Balaban J connectivity index is 1.77. The molecule has 2 aromatic heterocycles. The molecule has 0 aliphatic carbocycles. The second-order valence-corrected chi connectivity index (χ2v) is 12.2. The number of aliphatic hydroxyl groups excluding tert-OH is 1. The average Bonchev–Trinajstić information content (AvgIpc) is 3.10. The number of hydrogen-bond acceptors (Lipinski definition) is 14. The van der Waals surface area contributed by atoms with E-state index in [0.29, 0.717) is 0 Å². The van der Waals surface area contributed by atoms with Crippen molar-refractivity contribution in [2.75, 3.05) is 12.3 Å². The van der Waals surface area contributed by atoms with Gasteiger partial charge in [-0.2, -0.15) is 9.97 Å². The summed E-state index contributed by atoms with van der Waals surface area (Å²) in [5.74, 6) is -0.0495. The fourth-order valence-electron chi connectivity index (χ4n) is 2.89. The molecule has 3 heterocycles. The zero-order valence-corrected chi connectivity index (χ0v) is 20.2. The van der Waals surface area contributed by atoms with E-state index in [4.69, 9.17) is 38.6 Å². The number of halogens is 2. The second-order valence-electron chi connectivity index (χ2n) is 6.67. The van der Waals surface area contributed by atoms with Crippen molar-refractivity contribution < 1.29 is 56.3 Å². The highest BCUT2D eigenvalue weighted by Gasteiger charge is 2.54. The minimum atomic E-state index is -6.02. The Hall–Kier alpha value is -0.740. The lowest BCUT2D eigenvalue weighted by Crippen LogP contribution is -2.39. The third kappa shape index (κ3) is 6.10. The van der Waals surface area contributed by atoms with Crippen molar-refractivity contribution in [2.24, 2.45) is 0 Å². The molecule has 0 aromatic carbocycles. The summed E-state index contributed by atoms with van der Waals surface area (Å²) < 4.78 is 51.8. The quantitative estimate of drug-likeness (QED) is 0.175. The molecule has 3 unspecified atom stereocenters. The van der Waals surface area contributed by atoms with Crippen molar-refractivity contribution in [3.8, 4) is 0 Å². The van der Waals surface area contributed by atoms with E-state index in [1.807, 2.05) is 0 Å². The van der Waals surface area contributed by atoms with Crippen LogP contribution in [0.25, 0.3) is 11.2 Å². The number of anilines is 1. The summed E-state index contributed by atoms with van der Waals surface area (Å²) >= 11 is 12.2. The molecule has 7 atom stereocenters. The van der Waals surface area contributed by atoms with Gasteiger partial charge in [-0.15, -0.1) is 11.6 Å². The normalized spacial score (nSPS) is 31.2. The number of aromatic nitrogens is 4. The minimum absolute atomic E-state index is 0.0495. The minimum Gasteiger partial charge on any atom is -0.756 e. The number of hydrogen-bond donors (Lipinski definition) is 4. The molecular weight excluding hydrogens is 558 g/mol. The number of aliphatic hydroxyl groups is 1. The lowest BCUT2D eigenvalue weighted by Gasteiger charge is -2.28. The molecule has 33 heavy (non-hydrogen) atoms. The van der Waals surface area contributed by atoms with E-state index in [2.05, 4.69) is 28.1 Å². The molecule has 2 aromatic rings. The summed E-state index contributed by atoms with van der Waals surface area (Å²) in [6.07, 6.45) is -3.02. The van der Waals surface area contributed by atoms with E-state index in [1.165, 1.54) is 17.8 Å². The number of fused-ring (bicyclic) bond motifs is 1. The maximum atomic E-state index is 11.9. The van der Waals surface area contributed by atoms with E-state index < -0.39 is 53.4 Å². The van der Waals surface area contributed by atoms with E-state index in [9.17, 15) is 33.5 Å². The number of phosphoric ester groups is 1. The molecule has 5 N–H and O–H groups in total. The number of nitrogen functional groups attached to an aromatic ring is 1. The van der Waals surface area contributed by atoms with Gasteiger partial charge in [-0.3, -0.25) is 18.2 Å². The Morgan fingerprint density at radius 2 is 1.94 bits per heavy atom. The standard InChI is InChI=1S/C11H16Cl2N5O12P3/c1-11(13)6(19)4(2-27-32(23,24)30-33(25,26)29-31(20,21)22)28-9(11)18-3-15-5-7(14)16-10(12)17-8(5)18/h3-4,6,9,19H,2H2,1H3,(H,23,24)(H,25,26)(H2,14,16,17)(H2,20,21,22)/p-2/t4-,6-,9-,11-/m1/s1. The van der Waals surface area contributed by atoms with Crippen molar-refractivity contribution in [3.05, 3.63) is 11.6 Å². The third-order valence-electron chi connectivity index (χ3n) is 4.20. The smallest absolute Gasteiger partial charge is 0.478 e. The van der Waals surface area contributed by atoms with Gasteiger partial charge in [0.1, 0.15) is 22.6 Å². The first-order valence-corrected chi connectivity index (χ1v) is 13.6. The third-order valence-corrected chi connectivity index (χ3v) is 8.50. The molecule has 0 amide bonds. The largest absolute Gasteiger partial charge is 0.756 e. The number of nitrogens with two attached hydrogens (primary N) is 1. The van der Waals surface area contributed by atoms with Crippen molar-refractivity contribution in [2.45, 2.75) is 30.2 Å². The van der Waals surface area contributed by atoms with E-state index in [-0.39, 0.29) is 22.3 Å². The summed E-state index contributed by atoms with van der Waals surface area (Å²) in [7, 11) is -17.4. The highest BCUT2D eigenvalue weighted by molar-refractivity contribution is 7.65. The molecule has 0 spiro atoms. The van der Waals surface area contributed by atoms with Crippen LogP contribution < -0.4 is 15.5 Å². The fourth-order valence-corrected chi connectivity index (χ4v) is 6.29. The number of alkyl halides is 1. The highest BCUT2D eigenvalue weighted by Crippen LogP contribution is 2.63. The molecule has 22 heteroatoms. The second kappa shape index (κ2) is 9.04. The van der Waals surface area contributed by atoms with E-state index in [0.717, 1.165) is 0 Å². The molecule has 1 saturated heterocycles. The SMILES string of the molecule is C[C@@]1(Cl)[C@H](O)[C@@H](COP(=O)(O)OP(=O)([O-])OP(=O)([O-])O)O[C@H]1n1cnc2c(N)nc(Cl)nc21. The summed E-state index contributed by atoms with van der Waals surface area (Å²) in [5.41, 5.74) is 5.97. The van der Waals surface area contributed by atoms with Crippen LogP contribution >= 0.6 is 46.7 Å². The molecular formula is C11H14Cl2N5O12P3-2. The number of rotatable bonds is 8. The maximum absolute atomic E-state index is 11.9. The first-order chi connectivity index (χ1) is 14.9. The van der Waals surface area contributed by atoms with E-state index >= 15 is 0 Å². The van der Waals surface area contributed by atoms with E-state index in [1.54, 1.807) is 0 Å². The summed E-state index contributed by atoms with van der Waals surface area (Å²) in [6.45, 7) is 0.385. The maximum Gasteiger partial charge on any atom is 0.478 e. The first-order valence-electron chi connectivity index (χ1n) is 8.35. The van der Waals surface area contributed by atoms with Gasteiger partial charge in [0.15, 0.2) is 17.7 Å².